The molecule has 3 heteroatoms. The Morgan fingerprint density at radius 3 is 2.85 bits per heavy atom. The van der Waals surface area contributed by atoms with Gasteiger partial charge in [-0.3, -0.25) is 4.79 Å². The van der Waals surface area contributed by atoms with E-state index in [0.717, 1.165) is 44.3 Å². The van der Waals surface area contributed by atoms with Crippen molar-refractivity contribution in [2.45, 2.75) is 84.5 Å². The minimum atomic E-state index is -0.182. The maximum Gasteiger partial charge on any atom is 0.221 e. The van der Waals surface area contributed by atoms with Crippen molar-refractivity contribution in [2.24, 2.45) is 17.6 Å². The van der Waals surface area contributed by atoms with Crippen LogP contribution in [0.5, 0.6) is 0 Å². The molecule has 0 bridgehead atoms. The third-order valence-corrected chi connectivity index (χ3v) is 5.70. The molecule has 0 aromatic heterocycles. The Bertz CT molecular complexity index is 544. The molecule has 2 aliphatic rings. The summed E-state index contributed by atoms with van der Waals surface area (Å²) in [7, 11) is 0. The second-order valence-corrected chi connectivity index (χ2v) is 7.87. The van der Waals surface area contributed by atoms with Crippen LogP contribution < -0.4 is 5.73 Å². The largest absolute Gasteiger partial charge is 0.494 e. The Hall–Kier alpha value is -1.51. The van der Waals surface area contributed by atoms with E-state index in [9.17, 15) is 4.79 Å². The Balaban J connectivity index is 1.94. The highest BCUT2D eigenvalue weighted by molar-refractivity contribution is 5.77. The van der Waals surface area contributed by atoms with Gasteiger partial charge in [0.15, 0.2) is 0 Å². The summed E-state index contributed by atoms with van der Waals surface area (Å²) in [6.45, 7) is 5.01. The molecule has 0 spiro atoms. The normalized spacial score (nSPS) is 24.0. The molecule has 2 rings (SSSR count). The quantitative estimate of drug-likeness (QED) is 0.500. The number of allylic oxidation sites excluding steroid dienone is 5. The van der Waals surface area contributed by atoms with Crippen LogP contribution in [0.15, 0.2) is 35.1 Å². The van der Waals surface area contributed by atoms with Crippen molar-refractivity contribution in [3.8, 4) is 0 Å². The number of carbonyl (C=O) groups is 1. The average Bonchev–Trinajstić information content (AvgIpc) is 2.67. The number of carbonyl (C=O) groups excluding carboxylic acids is 1. The summed E-state index contributed by atoms with van der Waals surface area (Å²) in [5, 5.41) is 0. The minimum Gasteiger partial charge on any atom is -0.494 e. The summed E-state index contributed by atoms with van der Waals surface area (Å²) in [5.74, 6) is 1.12. The molecule has 0 aromatic carbocycles. The van der Waals surface area contributed by atoms with E-state index in [4.69, 9.17) is 10.5 Å². The zero-order valence-electron chi connectivity index (χ0n) is 16.8. The van der Waals surface area contributed by atoms with Gasteiger partial charge < -0.3 is 10.5 Å². The Labute approximate surface area is 159 Å². The molecule has 0 saturated heterocycles. The van der Waals surface area contributed by atoms with Gasteiger partial charge in [0.05, 0.1) is 5.76 Å². The SMILES string of the molecule is CCC/C=C(\CC)COC1=C[C@H](CCC2=CCCCC2)CC(C(N)=O)C1. The lowest BCUT2D eigenvalue weighted by Gasteiger charge is -2.27. The van der Waals surface area contributed by atoms with Gasteiger partial charge in [-0.15, -0.1) is 0 Å². The summed E-state index contributed by atoms with van der Waals surface area (Å²) in [6.07, 6.45) is 19.2. The van der Waals surface area contributed by atoms with Gasteiger partial charge in [0.25, 0.3) is 0 Å². The summed E-state index contributed by atoms with van der Waals surface area (Å²) in [4.78, 5) is 11.8. The molecule has 26 heavy (non-hydrogen) atoms. The first kappa shape index (κ1) is 20.8. The van der Waals surface area contributed by atoms with Crippen molar-refractivity contribution in [1.82, 2.24) is 0 Å². The van der Waals surface area contributed by atoms with Crippen LogP contribution in [0.25, 0.3) is 0 Å². The van der Waals surface area contributed by atoms with E-state index in [-0.39, 0.29) is 11.8 Å². The predicted octanol–water partition coefficient (Wildman–Crippen LogP) is 5.82. The van der Waals surface area contributed by atoms with Gasteiger partial charge >= 0.3 is 0 Å². The molecule has 1 unspecified atom stereocenters. The Kier molecular flexibility index (Phi) is 9.00. The second kappa shape index (κ2) is 11.3. The highest BCUT2D eigenvalue weighted by Crippen LogP contribution is 2.33. The van der Waals surface area contributed by atoms with Crippen LogP contribution in [0.1, 0.15) is 84.5 Å². The van der Waals surface area contributed by atoms with E-state index in [1.165, 1.54) is 31.3 Å². The molecule has 2 atom stereocenters. The van der Waals surface area contributed by atoms with Crippen LogP contribution in [-0.2, 0) is 9.53 Å². The van der Waals surface area contributed by atoms with Crippen LogP contribution in [0.2, 0.25) is 0 Å². The maximum atomic E-state index is 11.8. The molecule has 3 nitrogen and oxygen atoms in total. The molecule has 0 radical (unpaired) electrons. The van der Waals surface area contributed by atoms with E-state index in [0.29, 0.717) is 18.9 Å². The van der Waals surface area contributed by atoms with E-state index in [2.05, 4.69) is 32.1 Å². The first-order chi connectivity index (χ1) is 12.6. The minimum absolute atomic E-state index is 0.0787. The lowest BCUT2D eigenvalue weighted by atomic mass is 9.81. The van der Waals surface area contributed by atoms with Gasteiger partial charge in [0.1, 0.15) is 6.61 Å². The van der Waals surface area contributed by atoms with E-state index >= 15 is 0 Å². The summed E-state index contributed by atoms with van der Waals surface area (Å²) in [5.41, 5.74) is 8.58. The number of unbranched alkanes of at least 4 members (excludes halogenated alkanes) is 1. The molecule has 0 fully saturated rings. The smallest absolute Gasteiger partial charge is 0.221 e. The fourth-order valence-electron chi connectivity index (χ4n) is 3.96. The predicted molar refractivity (Wildman–Crippen MR) is 109 cm³/mol. The first-order valence-corrected chi connectivity index (χ1v) is 10.6. The zero-order chi connectivity index (χ0) is 18.8. The third-order valence-electron chi connectivity index (χ3n) is 5.70. The molecule has 146 valence electrons. The standard InChI is InChI=1S/C23H37NO2/c1-3-5-9-18(4-2)17-26-22-15-20(14-21(16-22)23(24)25)13-12-19-10-7-6-8-11-19/h9-10,15,20-21H,3-8,11-14,16-17H2,1-2H3,(H2,24,25)/b18-9+/t20-,21?/m1/s1. The summed E-state index contributed by atoms with van der Waals surface area (Å²) >= 11 is 0. The maximum absolute atomic E-state index is 11.8. The average molecular weight is 360 g/mol. The second-order valence-electron chi connectivity index (χ2n) is 7.87. The number of amides is 1. The Morgan fingerprint density at radius 2 is 2.19 bits per heavy atom. The van der Waals surface area contributed by atoms with Gasteiger partial charge in [0, 0.05) is 12.3 Å². The first-order valence-electron chi connectivity index (χ1n) is 10.6. The topological polar surface area (TPSA) is 52.3 Å². The monoisotopic (exact) mass is 359 g/mol. The van der Waals surface area contributed by atoms with Crippen molar-refractivity contribution in [1.29, 1.82) is 0 Å². The van der Waals surface area contributed by atoms with E-state index in [1.54, 1.807) is 5.57 Å². The van der Waals surface area contributed by atoms with Crippen LogP contribution in [0.3, 0.4) is 0 Å². The number of ether oxygens (including phenoxy) is 1. The molecule has 1 amide bonds. The molecular weight excluding hydrogens is 322 g/mol. The van der Waals surface area contributed by atoms with Crippen molar-refractivity contribution < 1.29 is 9.53 Å². The number of nitrogens with two attached hydrogens (primary N) is 1. The molecule has 2 aliphatic carbocycles. The lowest BCUT2D eigenvalue weighted by Crippen LogP contribution is -2.29. The molecule has 0 saturated carbocycles. The van der Waals surface area contributed by atoms with Crippen LogP contribution in [-0.4, -0.2) is 12.5 Å². The zero-order valence-corrected chi connectivity index (χ0v) is 16.8. The summed E-state index contributed by atoms with van der Waals surface area (Å²) < 4.78 is 6.11. The third kappa shape index (κ3) is 7.01. The molecular formula is C23H37NO2. The lowest BCUT2D eigenvalue weighted by molar-refractivity contribution is -0.122. The van der Waals surface area contributed by atoms with Gasteiger partial charge in [-0.25, -0.2) is 0 Å². The number of rotatable bonds is 10. The summed E-state index contributed by atoms with van der Waals surface area (Å²) in [6, 6.07) is 0. The van der Waals surface area contributed by atoms with Crippen LogP contribution >= 0.6 is 0 Å². The highest BCUT2D eigenvalue weighted by atomic mass is 16.5. The molecule has 0 heterocycles. The number of hydrogen-bond donors (Lipinski definition) is 1. The van der Waals surface area contributed by atoms with E-state index in [1.807, 2.05) is 0 Å². The van der Waals surface area contributed by atoms with Gasteiger partial charge in [-0.1, -0.05) is 38.0 Å². The van der Waals surface area contributed by atoms with Crippen LogP contribution in [0.4, 0.5) is 0 Å². The van der Waals surface area contributed by atoms with E-state index < -0.39 is 0 Å². The molecule has 2 N–H and O–H groups in total. The fraction of sp³-hybridized carbons (Fsp3) is 0.696. The molecule has 0 aliphatic heterocycles. The van der Waals surface area contributed by atoms with Crippen LogP contribution in [0, 0.1) is 11.8 Å². The van der Waals surface area contributed by atoms with Gasteiger partial charge in [-0.2, -0.15) is 0 Å². The fourth-order valence-corrected chi connectivity index (χ4v) is 3.96. The van der Waals surface area contributed by atoms with Crippen molar-refractivity contribution in [2.75, 3.05) is 6.61 Å². The Morgan fingerprint density at radius 1 is 1.35 bits per heavy atom. The highest BCUT2D eigenvalue weighted by Gasteiger charge is 2.27. The number of primary amides is 1. The van der Waals surface area contributed by atoms with Gasteiger partial charge in [-0.05, 0) is 75.4 Å². The van der Waals surface area contributed by atoms with Gasteiger partial charge in [0.2, 0.25) is 5.91 Å². The number of hydrogen-bond acceptors (Lipinski definition) is 2. The van der Waals surface area contributed by atoms with Crippen molar-refractivity contribution >= 4 is 5.91 Å². The van der Waals surface area contributed by atoms with Crippen molar-refractivity contribution in [3.63, 3.8) is 0 Å². The molecule has 0 aromatic rings. The van der Waals surface area contributed by atoms with Crippen molar-refractivity contribution in [3.05, 3.63) is 35.1 Å².